The van der Waals surface area contributed by atoms with Crippen LogP contribution in [0.2, 0.25) is 0 Å². The highest BCUT2D eigenvalue weighted by molar-refractivity contribution is 7.90. The zero-order chi connectivity index (χ0) is 23.1. The number of aryl methyl sites for hydroxylation is 1. The van der Waals surface area contributed by atoms with E-state index in [9.17, 15) is 22.0 Å². The second kappa shape index (κ2) is 8.43. The molecule has 0 radical (unpaired) electrons. The lowest BCUT2D eigenvalue weighted by Gasteiger charge is -2.38. The highest BCUT2D eigenvalue weighted by Crippen LogP contribution is 2.48. The van der Waals surface area contributed by atoms with Gasteiger partial charge in [-0.3, -0.25) is 14.4 Å². The number of aromatic nitrogens is 2. The van der Waals surface area contributed by atoms with Crippen LogP contribution in [0, 0.1) is 0 Å². The number of amides is 1. The van der Waals surface area contributed by atoms with Crippen LogP contribution in [0.3, 0.4) is 0 Å². The Morgan fingerprint density at radius 1 is 1.25 bits per heavy atom. The number of fused-ring (bicyclic) bond motifs is 2. The van der Waals surface area contributed by atoms with Crippen molar-refractivity contribution in [1.82, 2.24) is 14.7 Å². The predicted octanol–water partition coefficient (Wildman–Crippen LogP) is 2.04. The number of alkyl halides is 2. The van der Waals surface area contributed by atoms with E-state index in [0.717, 1.165) is 16.8 Å². The number of piperidine rings is 1. The minimum atomic E-state index is -3.05. The van der Waals surface area contributed by atoms with Crippen molar-refractivity contribution in [2.75, 3.05) is 37.0 Å². The fraction of sp³-hybridized carbons (Fsp3) is 0.524. The number of benzene rings is 1. The molecule has 1 aromatic heterocycles. The van der Waals surface area contributed by atoms with E-state index in [1.54, 1.807) is 35.0 Å². The van der Waals surface area contributed by atoms with Gasteiger partial charge in [-0.25, -0.2) is 8.42 Å². The maximum Gasteiger partial charge on any atom is 0.387 e. The van der Waals surface area contributed by atoms with Crippen molar-refractivity contribution < 1.29 is 26.7 Å². The summed E-state index contributed by atoms with van der Waals surface area (Å²) < 4.78 is 54.2. The van der Waals surface area contributed by atoms with E-state index in [0.29, 0.717) is 39.0 Å². The van der Waals surface area contributed by atoms with Crippen LogP contribution in [0.5, 0.6) is 5.75 Å². The molecule has 32 heavy (non-hydrogen) atoms. The molecule has 0 N–H and O–H groups in total. The maximum atomic E-state index is 13.1. The molecule has 3 heterocycles. The van der Waals surface area contributed by atoms with Gasteiger partial charge in [0.1, 0.15) is 15.6 Å². The first-order valence-electron chi connectivity index (χ1n) is 10.4. The second-order valence-corrected chi connectivity index (χ2v) is 10.8. The lowest BCUT2D eigenvalue weighted by molar-refractivity contribution is -0.124. The van der Waals surface area contributed by atoms with Crippen molar-refractivity contribution in [2.24, 2.45) is 0 Å². The highest BCUT2D eigenvalue weighted by atomic mass is 32.2. The molecule has 1 aromatic carbocycles. The lowest BCUT2D eigenvalue weighted by atomic mass is 9.73. The smallest absolute Gasteiger partial charge is 0.387 e. The van der Waals surface area contributed by atoms with Gasteiger partial charge in [-0.1, -0.05) is 0 Å². The van der Waals surface area contributed by atoms with Gasteiger partial charge in [-0.2, -0.15) is 13.9 Å². The Bertz CT molecular complexity index is 1110. The number of halogens is 2. The molecule has 0 unspecified atom stereocenters. The van der Waals surface area contributed by atoms with Gasteiger partial charge >= 0.3 is 6.61 Å². The van der Waals surface area contributed by atoms with E-state index >= 15 is 0 Å². The van der Waals surface area contributed by atoms with Crippen molar-refractivity contribution >= 4 is 21.4 Å². The normalized spacial score (nSPS) is 18.5. The summed E-state index contributed by atoms with van der Waals surface area (Å²) in [5, 5.41) is 4.23. The third-order valence-electron chi connectivity index (χ3n) is 6.28. The van der Waals surface area contributed by atoms with Gasteiger partial charge < -0.3 is 9.64 Å². The summed E-state index contributed by atoms with van der Waals surface area (Å²) in [6, 6.07) is 4.70. The Kier molecular flexibility index (Phi) is 5.97. The third-order valence-corrected chi connectivity index (χ3v) is 7.20. The average molecular weight is 469 g/mol. The van der Waals surface area contributed by atoms with Crippen LogP contribution in [-0.4, -0.2) is 67.8 Å². The number of carbonyl (C=O) groups excluding carboxylic acids is 1. The number of hydrogen-bond donors (Lipinski definition) is 0. The van der Waals surface area contributed by atoms with Crippen LogP contribution < -0.4 is 9.64 Å². The van der Waals surface area contributed by atoms with Gasteiger partial charge in [0.25, 0.3) is 0 Å². The molecule has 0 bridgehead atoms. The van der Waals surface area contributed by atoms with E-state index in [1.165, 1.54) is 12.3 Å². The molecule has 2 aliphatic heterocycles. The van der Waals surface area contributed by atoms with E-state index < -0.39 is 21.9 Å². The van der Waals surface area contributed by atoms with Crippen LogP contribution in [0.15, 0.2) is 30.6 Å². The topological polar surface area (TPSA) is 84.7 Å². The molecule has 174 valence electrons. The SMILES string of the molecule is CN1C(=O)C2(CCN(Cc3cnn(CCS(C)(=O)=O)c3)CC2)c2cc(OC(F)F)ccc21. The Labute approximate surface area is 185 Å². The zero-order valence-electron chi connectivity index (χ0n) is 18.0. The Morgan fingerprint density at radius 3 is 2.62 bits per heavy atom. The van der Waals surface area contributed by atoms with Gasteiger partial charge in [0.15, 0.2) is 0 Å². The quantitative estimate of drug-likeness (QED) is 0.618. The molecule has 8 nitrogen and oxygen atoms in total. The first kappa shape index (κ1) is 22.7. The Morgan fingerprint density at radius 2 is 1.97 bits per heavy atom. The summed E-state index contributed by atoms with van der Waals surface area (Å²) in [5.74, 6) is 0.0761. The molecular formula is C21H26F2N4O4S. The predicted molar refractivity (Wildman–Crippen MR) is 115 cm³/mol. The molecule has 1 amide bonds. The van der Waals surface area contributed by atoms with Crippen molar-refractivity contribution in [2.45, 2.75) is 38.0 Å². The molecule has 2 aliphatic rings. The molecule has 0 aliphatic carbocycles. The van der Waals surface area contributed by atoms with E-state index in [2.05, 4.69) is 14.7 Å². The van der Waals surface area contributed by atoms with Crippen LogP contribution in [0.4, 0.5) is 14.5 Å². The average Bonchev–Trinajstić information content (AvgIpc) is 3.25. The number of hydrogen-bond acceptors (Lipinski definition) is 6. The molecule has 2 aromatic rings. The lowest BCUT2D eigenvalue weighted by Crippen LogP contribution is -2.47. The minimum absolute atomic E-state index is 0.0186. The molecule has 0 atom stereocenters. The molecule has 11 heteroatoms. The number of likely N-dealkylation sites (tertiary alicyclic amines) is 1. The maximum absolute atomic E-state index is 13.1. The molecule has 1 spiro atoms. The summed E-state index contributed by atoms with van der Waals surface area (Å²) in [6.45, 7) is -0.650. The fourth-order valence-electron chi connectivity index (χ4n) is 4.62. The van der Waals surface area contributed by atoms with Crippen molar-refractivity contribution in [1.29, 1.82) is 0 Å². The standard InChI is InChI=1S/C21H26F2N4O4S/c1-25-18-4-3-16(31-20(22)23)11-17(18)21(19(25)28)5-7-26(8-6-21)13-15-12-24-27(14-15)9-10-32(2,29)30/h3-4,11-12,14,20H,5-10,13H2,1-2H3. The van der Waals surface area contributed by atoms with Crippen LogP contribution in [0.1, 0.15) is 24.0 Å². The van der Waals surface area contributed by atoms with Crippen molar-refractivity contribution in [3.8, 4) is 5.75 Å². The minimum Gasteiger partial charge on any atom is -0.435 e. The summed E-state index contributed by atoms with van der Waals surface area (Å²) in [4.78, 5) is 17.0. The van der Waals surface area contributed by atoms with E-state index in [1.807, 2.05) is 6.20 Å². The monoisotopic (exact) mass is 468 g/mol. The molecule has 1 fully saturated rings. The number of carbonyl (C=O) groups is 1. The number of ether oxygens (including phenoxy) is 1. The summed E-state index contributed by atoms with van der Waals surface area (Å²) in [6.07, 6.45) is 5.91. The van der Waals surface area contributed by atoms with Crippen LogP contribution in [-0.2, 0) is 33.1 Å². The second-order valence-electron chi connectivity index (χ2n) is 8.52. The number of nitrogens with zero attached hydrogens (tertiary/aromatic N) is 4. The highest BCUT2D eigenvalue weighted by Gasteiger charge is 2.51. The van der Waals surface area contributed by atoms with Gasteiger partial charge in [0.2, 0.25) is 5.91 Å². The van der Waals surface area contributed by atoms with Crippen LogP contribution in [0.25, 0.3) is 0 Å². The molecule has 1 saturated heterocycles. The molecule has 0 saturated carbocycles. The first-order chi connectivity index (χ1) is 15.1. The van der Waals surface area contributed by atoms with E-state index in [-0.39, 0.29) is 17.4 Å². The van der Waals surface area contributed by atoms with Crippen molar-refractivity contribution in [3.05, 3.63) is 41.7 Å². The van der Waals surface area contributed by atoms with Crippen molar-refractivity contribution in [3.63, 3.8) is 0 Å². The van der Waals surface area contributed by atoms with E-state index in [4.69, 9.17) is 0 Å². The van der Waals surface area contributed by atoms with Gasteiger partial charge in [0, 0.05) is 37.3 Å². The number of rotatable bonds is 7. The summed E-state index contributed by atoms with van der Waals surface area (Å²) in [7, 11) is -1.35. The largest absolute Gasteiger partial charge is 0.435 e. The zero-order valence-corrected chi connectivity index (χ0v) is 18.8. The molecule has 4 rings (SSSR count). The number of anilines is 1. The van der Waals surface area contributed by atoms with Gasteiger partial charge in [-0.05, 0) is 49.7 Å². The number of sulfone groups is 1. The molecular weight excluding hydrogens is 442 g/mol. The Balaban J connectivity index is 1.44. The number of likely N-dealkylation sites (N-methyl/N-ethyl adjacent to an activating group) is 1. The van der Waals surface area contributed by atoms with Crippen LogP contribution >= 0.6 is 0 Å². The van der Waals surface area contributed by atoms with Gasteiger partial charge in [-0.15, -0.1) is 0 Å². The first-order valence-corrected chi connectivity index (χ1v) is 12.4. The Hall–Kier alpha value is -2.53. The summed E-state index contributed by atoms with van der Waals surface area (Å²) in [5.41, 5.74) is 1.72. The van der Waals surface area contributed by atoms with Gasteiger partial charge in [0.05, 0.1) is 23.9 Å². The third kappa shape index (κ3) is 4.49. The fourth-order valence-corrected chi connectivity index (χ4v) is 5.14. The summed E-state index contributed by atoms with van der Waals surface area (Å²) >= 11 is 0.